The van der Waals surface area contributed by atoms with E-state index in [4.69, 9.17) is 10.8 Å². The molecule has 0 saturated heterocycles. The minimum Gasteiger partial charge on any atom is -0.399 e. The van der Waals surface area contributed by atoms with Gasteiger partial charge in [0.1, 0.15) is 6.61 Å². The maximum atomic E-state index is 13.3. The van der Waals surface area contributed by atoms with Crippen LogP contribution in [0, 0.1) is 13.8 Å². The van der Waals surface area contributed by atoms with Gasteiger partial charge in [-0.2, -0.15) is 8.78 Å². The smallest absolute Gasteiger partial charge is 0.296 e. The highest BCUT2D eigenvalue weighted by Crippen LogP contribution is 2.34. The number of anilines is 1. The first-order chi connectivity index (χ1) is 6.40. The standard InChI is InChI=1S/C10H13F2NO/c1-6-3-4-8(13)7(2)9(6)10(11,12)5-14/h3-4,14H,5,13H2,1-2H3. The van der Waals surface area contributed by atoms with Crippen LogP contribution in [0.4, 0.5) is 14.5 Å². The molecule has 2 nitrogen and oxygen atoms in total. The lowest BCUT2D eigenvalue weighted by Crippen LogP contribution is -2.21. The Morgan fingerprint density at radius 3 is 2.43 bits per heavy atom. The Morgan fingerprint density at radius 1 is 1.36 bits per heavy atom. The second-order valence-electron chi connectivity index (χ2n) is 3.33. The number of nitrogens with two attached hydrogens (primary N) is 1. The number of aliphatic hydroxyl groups is 1. The van der Waals surface area contributed by atoms with Gasteiger partial charge in [-0.25, -0.2) is 0 Å². The molecule has 0 aliphatic rings. The molecule has 78 valence electrons. The fraction of sp³-hybridized carbons (Fsp3) is 0.400. The molecule has 0 aliphatic carbocycles. The van der Waals surface area contributed by atoms with Crippen LogP contribution in [-0.4, -0.2) is 11.7 Å². The summed E-state index contributed by atoms with van der Waals surface area (Å²) in [5.74, 6) is -3.22. The molecule has 0 heterocycles. The van der Waals surface area contributed by atoms with E-state index in [-0.39, 0.29) is 5.56 Å². The Hall–Kier alpha value is -1.16. The first kappa shape index (κ1) is 10.9. The normalized spacial score (nSPS) is 11.8. The highest BCUT2D eigenvalue weighted by atomic mass is 19.3. The lowest BCUT2D eigenvalue weighted by molar-refractivity contribution is -0.0565. The van der Waals surface area contributed by atoms with E-state index in [2.05, 4.69) is 0 Å². The van der Waals surface area contributed by atoms with E-state index in [0.29, 0.717) is 16.8 Å². The van der Waals surface area contributed by atoms with Crippen molar-refractivity contribution in [1.29, 1.82) is 0 Å². The monoisotopic (exact) mass is 201 g/mol. The molecule has 0 spiro atoms. The van der Waals surface area contributed by atoms with Gasteiger partial charge in [-0.1, -0.05) is 6.07 Å². The lowest BCUT2D eigenvalue weighted by atomic mass is 9.96. The van der Waals surface area contributed by atoms with Crippen molar-refractivity contribution in [3.05, 3.63) is 28.8 Å². The van der Waals surface area contributed by atoms with Crippen LogP contribution in [0.3, 0.4) is 0 Å². The first-order valence-electron chi connectivity index (χ1n) is 4.25. The van der Waals surface area contributed by atoms with Crippen molar-refractivity contribution in [2.45, 2.75) is 19.8 Å². The number of alkyl halides is 2. The average molecular weight is 201 g/mol. The van der Waals surface area contributed by atoms with Gasteiger partial charge in [0.2, 0.25) is 0 Å². The number of benzene rings is 1. The van der Waals surface area contributed by atoms with E-state index in [0.717, 1.165) is 0 Å². The summed E-state index contributed by atoms with van der Waals surface area (Å²) < 4.78 is 26.6. The minimum atomic E-state index is -3.22. The minimum absolute atomic E-state index is 0.167. The van der Waals surface area contributed by atoms with Gasteiger partial charge in [-0.3, -0.25) is 0 Å². The van der Waals surface area contributed by atoms with E-state index in [9.17, 15) is 8.78 Å². The van der Waals surface area contributed by atoms with Crippen molar-refractivity contribution in [2.24, 2.45) is 0 Å². The SMILES string of the molecule is Cc1ccc(N)c(C)c1C(F)(F)CO. The van der Waals surface area contributed by atoms with Gasteiger partial charge in [-0.05, 0) is 31.0 Å². The van der Waals surface area contributed by atoms with Gasteiger partial charge in [0.25, 0.3) is 5.92 Å². The molecule has 0 atom stereocenters. The fourth-order valence-electron chi connectivity index (χ4n) is 1.51. The second kappa shape index (κ2) is 3.53. The van der Waals surface area contributed by atoms with E-state index >= 15 is 0 Å². The zero-order chi connectivity index (χ0) is 10.9. The Labute approximate surface area is 81.4 Å². The number of nitrogen functional groups attached to an aromatic ring is 1. The summed E-state index contributed by atoms with van der Waals surface area (Å²) in [5.41, 5.74) is 6.46. The quantitative estimate of drug-likeness (QED) is 0.718. The number of hydrogen-bond donors (Lipinski definition) is 2. The van der Waals surface area contributed by atoms with Gasteiger partial charge >= 0.3 is 0 Å². The summed E-state index contributed by atoms with van der Waals surface area (Å²) >= 11 is 0. The van der Waals surface area contributed by atoms with Gasteiger partial charge < -0.3 is 10.8 Å². The maximum absolute atomic E-state index is 13.3. The molecule has 1 rings (SSSR count). The zero-order valence-corrected chi connectivity index (χ0v) is 8.14. The Bertz CT molecular complexity index is 350. The van der Waals surface area contributed by atoms with Crippen molar-refractivity contribution in [3.8, 4) is 0 Å². The highest BCUT2D eigenvalue weighted by molar-refractivity contribution is 5.54. The largest absolute Gasteiger partial charge is 0.399 e. The summed E-state index contributed by atoms with van der Waals surface area (Å²) in [6, 6.07) is 3.11. The summed E-state index contributed by atoms with van der Waals surface area (Å²) in [6.07, 6.45) is 0. The van der Waals surface area contributed by atoms with Gasteiger partial charge in [0, 0.05) is 11.3 Å². The molecular formula is C10H13F2NO. The van der Waals surface area contributed by atoms with Crippen molar-refractivity contribution in [1.82, 2.24) is 0 Å². The third-order valence-electron chi connectivity index (χ3n) is 2.28. The van der Waals surface area contributed by atoms with Crippen molar-refractivity contribution < 1.29 is 13.9 Å². The van der Waals surface area contributed by atoms with Gasteiger partial charge in [0.05, 0.1) is 0 Å². The summed E-state index contributed by atoms with van der Waals surface area (Å²) in [7, 11) is 0. The predicted octanol–water partition coefficient (Wildman–Crippen LogP) is 1.97. The fourth-order valence-corrected chi connectivity index (χ4v) is 1.51. The van der Waals surface area contributed by atoms with Crippen LogP contribution in [0.1, 0.15) is 16.7 Å². The average Bonchev–Trinajstić information content (AvgIpc) is 2.12. The molecule has 4 heteroatoms. The number of aryl methyl sites for hydroxylation is 1. The molecular weight excluding hydrogens is 188 g/mol. The molecule has 0 bridgehead atoms. The third kappa shape index (κ3) is 1.70. The highest BCUT2D eigenvalue weighted by Gasteiger charge is 2.34. The summed E-state index contributed by atoms with van der Waals surface area (Å²) in [4.78, 5) is 0. The molecule has 0 aliphatic heterocycles. The van der Waals surface area contributed by atoms with Crippen molar-refractivity contribution in [2.75, 3.05) is 12.3 Å². The Morgan fingerprint density at radius 2 is 1.93 bits per heavy atom. The molecule has 3 N–H and O–H groups in total. The Kier molecular flexibility index (Phi) is 2.76. The van der Waals surface area contributed by atoms with E-state index < -0.39 is 12.5 Å². The number of aliphatic hydroxyl groups excluding tert-OH is 1. The second-order valence-corrected chi connectivity index (χ2v) is 3.33. The van der Waals surface area contributed by atoms with Gasteiger partial charge in [-0.15, -0.1) is 0 Å². The van der Waals surface area contributed by atoms with Crippen LogP contribution in [0.15, 0.2) is 12.1 Å². The molecule has 0 fully saturated rings. The predicted molar refractivity (Wildman–Crippen MR) is 51.3 cm³/mol. The molecule has 1 aromatic carbocycles. The van der Waals surface area contributed by atoms with Crippen molar-refractivity contribution in [3.63, 3.8) is 0 Å². The number of hydrogen-bond acceptors (Lipinski definition) is 2. The molecule has 0 unspecified atom stereocenters. The van der Waals surface area contributed by atoms with Crippen LogP contribution in [0.2, 0.25) is 0 Å². The topological polar surface area (TPSA) is 46.2 Å². The van der Waals surface area contributed by atoms with Crippen LogP contribution >= 0.6 is 0 Å². The maximum Gasteiger partial charge on any atom is 0.296 e. The van der Waals surface area contributed by atoms with Crippen LogP contribution in [-0.2, 0) is 5.92 Å². The molecule has 0 amide bonds. The molecule has 14 heavy (non-hydrogen) atoms. The lowest BCUT2D eigenvalue weighted by Gasteiger charge is -2.19. The molecule has 0 radical (unpaired) electrons. The summed E-state index contributed by atoms with van der Waals surface area (Å²) in [5, 5.41) is 8.60. The first-order valence-corrected chi connectivity index (χ1v) is 4.25. The molecule has 0 aromatic heterocycles. The number of halogens is 2. The zero-order valence-electron chi connectivity index (χ0n) is 8.14. The number of rotatable bonds is 2. The van der Waals surface area contributed by atoms with Gasteiger partial charge in [0.15, 0.2) is 0 Å². The Balaban J connectivity index is 3.40. The van der Waals surface area contributed by atoms with E-state index in [1.165, 1.54) is 13.0 Å². The molecule has 1 aromatic rings. The third-order valence-corrected chi connectivity index (χ3v) is 2.28. The van der Waals surface area contributed by atoms with Crippen molar-refractivity contribution >= 4 is 5.69 Å². The van der Waals surface area contributed by atoms with Crippen LogP contribution in [0.5, 0.6) is 0 Å². The van der Waals surface area contributed by atoms with E-state index in [1.54, 1.807) is 13.0 Å². The van der Waals surface area contributed by atoms with Crippen LogP contribution < -0.4 is 5.73 Å². The van der Waals surface area contributed by atoms with E-state index in [1.807, 2.05) is 0 Å². The van der Waals surface area contributed by atoms with Crippen LogP contribution in [0.25, 0.3) is 0 Å². The molecule has 0 saturated carbocycles. The summed E-state index contributed by atoms with van der Waals surface area (Å²) in [6.45, 7) is 1.91.